The lowest BCUT2D eigenvalue weighted by Gasteiger charge is -2.23. The van der Waals surface area contributed by atoms with Crippen LogP contribution in [0.1, 0.15) is 54.9 Å². The maximum absolute atomic E-state index is 15.7. The molecule has 0 saturated heterocycles. The van der Waals surface area contributed by atoms with Crippen molar-refractivity contribution >= 4 is 17.0 Å². The van der Waals surface area contributed by atoms with Crippen LogP contribution in [0.25, 0.3) is 26.8 Å². The van der Waals surface area contributed by atoms with Gasteiger partial charge in [-0.1, -0.05) is 19.9 Å². The number of alkyl halides is 1. The van der Waals surface area contributed by atoms with Crippen LogP contribution < -0.4 is 0 Å². The van der Waals surface area contributed by atoms with Crippen LogP contribution in [0.5, 0.6) is 0 Å². The quantitative estimate of drug-likeness (QED) is 0.358. The van der Waals surface area contributed by atoms with Crippen LogP contribution in [-0.4, -0.2) is 19.6 Å². The Bertz CT molecular complexity index is 1230. The van der Waals surface area contributed by atoms with E-state index in [1.165, 1.54) is 0 Å². The highest BCUT2D eigenvalue weighted by Gasteiger charge is 2.32. The second kappa shape index (κ2) is 7.58. The van der Waals surface area contributed by atoms with E-state index in [0.29, 0.717) is 24.1 Å². The molecule has 0 aliphatic carbocycles. The molecule has 0 aliphatic rings. The number of rotatable bonds is 5. The van der Waals surface area contributed by atoms with E-state index in [-0.39, 0.29) is 0 Å². The number of thiophene rings is 1. The van der Waals surface area contributed by atoms with E-state index in [4.69, 9.17) is 10.1 Å². The summed E-state index contributed by atoms with van der Waals surface area (Å²) in [5, 5.41) is 4.73. The summed E-state index contributed by atoms with van der Waals surface area (Å²) in [4.78, 5) is 11.7. The minimum atomic E-state index is -1.41. The molecular formula is C24H27FN4S. The number of nitrogens with zero attached hydrogens (tertiary/aromatic N) is 4. The van der Waals surface area contributed by atoms with Gasteiger partial charge in [-0.3, -0.25) is 4.98 Å². The van der Waals surface area contributed by atoms with Crippen LogP contribution in [0.4, 0.5) is 4.39 Å². The number of halogens is 1. The number of hydrogen-bond acceptors (Lipinski definition) is 4. The molecule has 30 heavy (non-hydrogen) atoms. The van der Waals surface area contributed by atoms with Crippen molar-refractivity contribution in [2.24, 2.45) is 0 Å². The highest BCUT2D eigenvalue weighted by atomic mass is 32.1. The Hall–Kier alpha value is -2.60. The number of aryl methyl sites for hydroxylation is 4. The van der Waals surface area contributed by atoms with Crippen LogP contribution in [0, 0.1) is 27.7 Å². The maximum atomic E-state index is 15.7. The van der Waals surface area contributed by atoms with Crippen molar-refractivity contribution in [1.29, 1.82) is 0 Å². The standard InChI is InChI=1S/C24H27FN4S/c1-7-24(25,8-2)18-13-16(5)28-29-21(17(6)27-23(18)29)22-14(3)12-20(30-22)19-11-9-10-15(4)26-19/h9-13H,7-8H2,1-6H3. The Morgan fingerprint density at radius 3 is 2.40 bits per heavy atom. The van der Waals surface area contributed by atoms with Crippen molar-refractivity contribution in [2.75, 3.05) is 0 Å². The molecule has 156 valence electrons. The molecule has 0 saturated carbocycles. The van der Waals surface area contributed by atoms with Crippen LogP contribution in [0.3, 0.4) is 0 Å². The fourth-order valence-corrected chi connectivity index (χ4v) is 5.22. The topological polar surface area (TPSA) is 43.1 Å². The molecule has 0 fully saturated rings. The van der Waals surface area contributed by atoms with Gasteiger partial charge in [-0.15, -0.1) is 11.3 Å². The number of hydrogen-bond donors (Lipinski definition) is 0. The molecule has 0 atom stereocenters. The summed E-state index contributed by atoms with van der Waals surface area (Å²) >= 11 is 1.68. The SMILES string of the molecule is CCC(F)(CC)c1cc(C)nn2c(-c3sc(-c4cccc(C)n4)cc3C)c(C)nc12. The summed E-state index contributed by atoms with van der Waals surface area (Å²) in [5.41, 5.74) is 5.51. The first-order valence-electron chi connectivity index (χ1n) is 10.4. The summed E-state index contributed by atoms with van der Waals surface area (Å²) in [6.07, 6.45) is 0.816. The molecule has 0 spiro atoms. The van der Waals surface area contributed by atoms with Crippen LogP contribution in [0.15, 0.2) is 30.3 Å². The smallest absolute Gasteiger partial charge is 0.160 e. The van der Waals surface area contributed by atoms with Gasteiger partial charge in [-0.05, 0) is 70.4 Å². The van der Waals surface area contributed by atoms with Gasteiger partial charge in [0.25, 0.3) is 0 Å². The Labute approximate surface area is 180 Å². The molecule has 4 nitrogen and oxygen atoms in total. The lowest BCUT2D eigenvalue weighted by molar-refractivity contribution is 0.152. The molecule has 0 aromatic carbocycles. The normalized spacial score (nSPS) is 12.1. The van der Waals surface area contributed by atoms with Crippen LogP contribution in [-0.2, 0) is 5.67 Å². The van der Waals surface area contributed by atoms with Gasteiger partial charge in [0.2, 0.25) is 0 Å². The van der Waals surface area contributed by atoms with Gasteiger partial charge in [0.1, 0.15) is 11.4 Å². The third-order valence-corrected chi connectivity index (χ3v) is 7.02. The van der Waals surface area contributed by atoms with Crippen molar-refractivity contribution in [3.63, 3.8) is 0 Å². The zero-order valence-electron chi connectivity index (χ0n) is 18.4. The first-order chi connectivity index (χ1) is 14.3. The third kappa shape index (κ3) is 3.33. The lowest BCUT2D eigenvalue weighted by atomic mass is 9.91. The number of imidazole rings is 1. The van der Waals surface area contributed by atoms with Crippen molar-refractivity contribution in [3.8, 4) is 21.1 Å². The molecule has 4 aromatic rings. The number of aromatic nitrogens is 4. The Balaban J connectivity index is 1.95. The number of pyridine rings is 1. The molecular weight excluding hydrogens is 395 g/mol. The van der Waals surface area contributed by atoms with Crippen molar-refractivity contribution in [3.05, 3.63) is 58.5 Å². The predicted molar refractivity (Wildman–Crippen MR) is 122 cm³/mol. The van der Waals surface area contributed by atoms with E-state index in [0.717, 1.165) is 43.8 Å². The highest BCUT2D eigenvalue weighted by Crippen LogP contribution is 2.41. The second-order valence-corrected chi connectivity index (χ2v) is 8.99. The molecule has 0 aliphatic heterocycles. The first kappa shape index (κ1) is 20.7. The molecule has 0 bridgehead atoms. The summed E-state index contributed by atoms with van der Waals surface area (Å²) in [6, 6.07) is 10.1. The molecule has 0 amide bonds. The molecule has 4 heterocycles. The average molecular weight is 423 g/mol. The highest BCUT2D eigenvalue weighted by molar-refractivity contribution is 7.19. The largest absolute Gasteiger partial charge is 0.252 e. The monoisotopic (exact) mass is 422 g/mol. The van der Waals surface area contributed by atoms with Crippen LogP contribution in [0.2, 0.25) is 0 Å². The second-order valence-electron chi connectivity index (χ2n) is 7.94. The maximum Gasteiger partial charge on any atom is 0.160 e. The van der Waals surface area contributed by atoms with E-state index in [1.54, 1.807) is 11.3 Å². The van der Waals surface area contributed by atoms with Gasteiger partial charge in [-0.25, -0.2) is 13.9 Å². The van der Waals surface area contributed by atoms with E-state index in [1.807, 2.05) is 63.4 Å². The summed E-state index contributed by atoms with van der Waals surface area (Å²) in [6.45, 7) is 11.8. The Morgan fingerprint density at radius 2 is 1.73 bits per heavy atom. The van der Waals surface area contributed by atoms with Gasteiger partial charge in [0.05, 0.1) is 26.8 Å². The molecule has 6 heteroatoms. The summed E-state index contributed by atoms with van der Waals surface area (Å²) in [7, 11) is 0. The third-order valence-electron chi connectivity index (χ3n) is 5.76. The Morgan fingerprint density at radius 1 is 1.00 bits per heavy atom. The Kier molecular flexibility index (Phi) is 5.22. The molecule has 0 radical (unpaired) electrons. The molecule has 4 aromatic heterocycles. The lowest BCUT2D eigenvalue weighted by Crippen LogP contribution is -2.20. The van der Waals surface area contributed by atoms with E-state index >= 15 is 4.39 Å². The predicted octanol–water partition coefficient (Wildman–Crippen LogP) is 6.74. The van der Waals surface area contributed by atoms with E-state index in [9.17, 15) is 0 Å². The summed E-state index contributed by atoms with van der Waals surface area (Å²) < 4.78 is 17.5. The molecule has 0 N–H and O–H groups in total. The zero-order chi connectivity index (χ0) is 21.6. The van der Waals surface area contributed by atoms with E-state index in [2.05, 4.69) is 18.0 Å². The van der Waals surface area contributed by atoms with Gasteiger partial charge < -0.3 is 0 Å². The van der Waals surface area contributed by atoms with E-state index < -0.39 is 5.67 Å². The summed E-state index contributed by atoms with van der Waals surface area (Å²) in [5.74, 6) is 0. The average Bonchev–Trinajstić information content (AvgIpc) is 3.25. The molecule has 4 rings (SSSR count). The first-order valence-corrected chi connectivity index (χ1v) is 11.2. The van der Waals surface area contributed by atoms with Gasteiger partial charge in [0, 0.05) is 11.3 Å². The zero-order valence-corrected chi connectivity index (χ0v) is 19.2. The van der Waals surface area contributed by atoms with Gasteiger partial charge >= 0.3 is 0 Å². The van der Waals surface area contributed by atoms with Crippen LogP contribution >= 0.6 is 11.3 Å². The minimum Gasteiger partial charge on any atom is -0.252 e. The van der Waals surface area contributed by atoms with Crippen molar-refractivity contribution in [1.82, 2.24) is 19.6 Å². The minimum absolute atomic E-state index is 0.408. The molecule has 0 unspecified atom stereocenters. The van der Waals surface area contributed by atoms with Gasteiger partial charge in [-0.2, -0.15) is 5.10 Å². The van der Waals surface area contributed by atoms with Crippen molar-refractivity contribution < 1.29 is 4.39 Å². The number of fused-ring (bicyclic) bond motifs is 1. The van der Waals surface area contributed by atoms with Crippen molar-refractivity contribution in [2.45, 2.75) is 60.1 Å². The fourth-order valence-electron chi connectivity index (χ4n) is 3.99. The van der Waals surface area contributed by atoms with Gasteiger partial charge in [0.15, 0.2) is 5.65 Å². The fraction of sp³-hybridized carbons (Fsp3) is 0.375.